The van der Waals surface area contributed by atoms with Crippen LogP contribution in [0.4, 0.5) is 0 Å². The number of hydrogen-bond donors (Lipinski definition) is 2. The monoisotopic (exact) mass is 229 g/mol. The maximum atomic E-state index is 10.1. The highest BCUT2D eigenvalue weighted by Crippen LogP contribution is 2.29. The Balaban J connectivity index is 2.33. The minimum atomic E-state index is -0.628. The van der Waals surface area contributed by atoms with Gasteiger partial charge in [0, 0.05) is 16.7 Å². The Bertz CT molecular complexity index is 452. The minimum Gasteiger partial charge on any atom is -0.369 e. The van der Waals surface area contributed by atoms with Gasteiger partial charge in [-0.05, 0) is 11.6 Å². The van der Waals surface area contributed by atoms with Gasteiger partial charge in [0.05, 0.1) is 0 Å². The van der Waals surface area contributed by atoms with Crippen LogP contribution in [-0.2, 0) is 0 Å². The van der Waals surface area contributed by atoms with E-state index in [9.17, 15) is 5.11 Å². The Morgan fingerprint density at radius 2 is 1.71 bits per heavy atom. The number of benzene rings is 1. The molecule has 0 saturated carbocycles. The average Bonchev–Trinajstić information content (AvgIpc) is 2.29. The van der Waals surface area contributed by atoms with E-state index in [1.54, 1.807) is 0 Å². The molecule has 0 aromatic heterocycles. The second-order valence-electron chi connectivity index (χ2n) is 5.37. The molecule has 90 valence electrons. The fraction of sp³-hybridized carbons (Fsp3) is 0.333. The normalized spacial score (nSPS) is 20.4. The van der Waals surface area contributed by atoms with Crippen molar-refractivity contribution >= 4 is 5.57 Å². The molecule has 0 spiro atoms. The van der Waals surface area contributed by atoms with E-state index in [4.69, 9.17) is 0 Å². The zero-order valence-electron chi connectivity index (χ0n) is 10.6. The van der Waals surface area contributed by atoms with E-state index in [2.05, 4.69) is 32.2 Å². The van der Waals surface area contributed by atoms with Crippen molar-refractivity contribution in [2.24, 2.45) is 5.41 Å². The molecule has 2 rings (SSSR count). The quantitative estimate of drug-likeness (QED) is 0.776. The van der Waals surface area contributed by atoms with Crippen LogP contribution in [0.15, 0.2) is 48.2 Å². The number of nitrogens with one attached hydrogen (secondary N) is 1. The lowest BCUT2D eigenvalue weighted by atomic mass is 9.88. The van der Waals surface area contributed by atoms with E-state index in [-0.39, 0.29) is 5.41 Å². The first kappa shape index (κ1) is 11.9. The summed E-state index contributed by atoms with van der Waals surface area (Å²) in [6.07, 6.45) is 3.42. The first-order valence-corrected chi connectivity index (χ1v) is 5.91. The van der Waals surface area contributed by atoms with Gasteiger partial charge in [-0.3, -0.25) is 0 Å². The molecule has 1 aromatic rings. The molecule has 2 N–H and O–H groups in total. The lowest BCUT2D eigenvalue weighted by Gasteiger charge is -2.31. The standard InChI is InChI=1S/C15H19NO/c1-15(2,3)13-10-9-12(14(17)16-13)11-7-5-4-6-8-11/h4-10,14,16-17H,1-3H3. The van der Waals surface area contributed by atoms with Crippen molar-refractivity contribution in [3.8, 4) is 0 Å². The van der Waals surface area contributed by atoms with E-state index >= 15 is 0 Å². The predicted octanol–water partition coefficient (Wildman–Crippen LogP) is 2.92. The van der Waals surface area contributed by atoms with E-state index in [0.717, 1.165) is 16.8 Å². The predicted molar refractivity (Wildman–Crippen MR) is 71.1 cm³/mol. The summed E-state index contributed by atoms with van der Waals surface area (Å²) in [5.74, 6) is 0. The molecule has 2 heteroatoms. The zero-order chi connectivity index (χ0) is 12.5. The Morgan fingerprint density at radius 1 is 1.06 bits per heavy atom. The van der Waals surface area contributed by atoms with Gasteiger partial charge in [-0.2, -0.15) is 0 Å². The van der Waals surface area contributed by atoms with Gasteiger partial charge in [0.15, 0.2) is 6.23 Å². The van der Waals surface area contributed by atoms with Crippen molar-refractivity contribution in [2.45, 2.75) is 27.0 Å². The molecule has 1 heterocycles. The van der Waals surface area contributed by atoms with Crippen molar-refractivity contribution in [3.63, 3.8) is 0 Å². The minimum absolute atomic E-state index is 0.0275. The number of rotatable bonds is 1. The van der Waals surface area contributed by atoms with Gasteiger partial charge in [0.2, 0.25) is 0 Å². The van der Waals surface area contributed by atoms with Crippen LogP contribution >= 0.6 is 0 Å². The van der Waals surface area contributed by atoms with Crippen LogP contribution in [-0.4, -0.2) is 11.3 Å². The average molecular weight is 229 g/mol. The SMILES string of the molecule is CC(C)(C)C1=CC=C(c2ccccc2)C(O)N1. The molecule has 1 aromatic carbocycles. The lowest BCUT2D eigenvalue weighted by Crippen LogP contribution is -2.36. The molecule has 0 radical (unpaired) electrons. The molecule has 17 heavy (non-hydrogen) atoms. The smallest absolute Gasteiger partial charge is 0.151 e. The topological polar surface area (TPSA) is 32.3 Å². The Kier molecular flexibility index (Phi) is 3.07. The summed E-state index contributed by atoms with van der Waals surface area (Å²) in [5, 5.41) is 13.3. The highest BCUT2D eigenvalue weighted by atomic mass is 16.3. The van der Waals surface area contributed by atoms with Crippen molar-refractivity contribution in [1.82, 2.24) is 5.32 Å². The number of aliphatic hydroxyl groups excluding tert-OH is 1. The van der Waals surface area contributed by atoms with Crippen LogP contribution in [0.1, 0.15) is 26.3 Å². The number of dihydropyridines is 1. The number of allylic oxidation sites excluding steroid dienone is 3. The zero-order valence-corrected chi connectivity index (χ0v) is 10.6. The summed E-state index contributed by atoms with van der Waals surface area (Å²) < 4.78 is 0. The summed E-state index contributed by atoms with van der Waals surface area (Å²) in [6.45, 7) is 6.37. The molecule has 1 unspecified atom stereocenters. The number of hydrogen-bond acceptors (Lipinski definition) is 2. The molecule has 0 bridgehead atoms. The van der Waals surface area contributed by atoms with Crippen LogP contribution < -0.4 is 5.32 Å². The van der Waals surface area contributed by atoms with Crippen molar-refractivity contribution in [2.75, 3.05) is 0 Å². The van der Waals surface area contributed by atoms with Crippen molar-refractivity contribution in [1.29, 1.82) is 0 Å². The molecule has 1 atom stereocenters. The maximum Gasteiger partial charge on any atom is 0.151 e. The number of aliphatic hydroxyl groups is 1. The molecule has 2 nitrogen and oxygen atoms in total. The Labute approximate surface area is 103 Å². The largest absolute Gasteiger partial charge is 0.369 e. The molecule has 0 aliphatic carbocycles. The third-order valence-electron chi connectivity index (χ3n) is 2.93. The first-order chi connectivity index (χ1) is 7.98. The highest BCUT2D eigenvalue weighted by Gasteiger charge is 2.23. The third-order valence-corrected chi connectivity index (χ3v) is 2.93. The van der Waals surface area contributed by atoms with Crippen LogP contribution in [0.5, 0.6) is 0 Å². The van der Waals surface area contributed by atoms with Crippen LogP contribution in [0.3, 0.4) is 0 Å². The molecule has 0 fully saturated rings. The second-order valence-corrected chi connectivity index (χ2v) is 5.37. The molecular weight excluding hydrogens is 210 g/mol. The maximum absolute atomic E-state index is 10.1. The van der Waals surface area contributed by atoms with Crippen LogP contribution in [0.25, 0.3) is 5.57 Å². The molecule has 0 amide bonds. The first-order valence-electron chi connectivity index (χ1n) is 5.91. The van der Waals surface area contributed by atoms with Crippen LogP contribution in [0, 0.1) is 5.41 Å². The summed E-state index contributed by atoms with van der Waals surface area (Å²) in [6, 6.07) is 9.94. The fourth-order valence-corrected chi connectivity index (χ4v) is 1.89. The Morgan fingerprint density at radius 3 is 2.24 bits per heavy atom. The van der Waals surface area contributed by atoms with Gasteiger partial charge < -0.3 is 10.4 Å². The summed E-state index contributed by atoms with van der Waals surface area (Å²) in [7, 11) is 0. The van der Waals surface area contributed by atoms with Gasteiger partial charge in [-0.1, -0.05) is 57.2 Å². The van der Waals surface area contributed by atoms with Gasteiger partial charge in [0.1, 0.15) is 0 Å². The van der Waals surface area contributed by atoms with Gasteiger partial charge in [-0.25, -0.2) is 0 Å². The highest BCUT2D eigenvalue weighted by molar-refractivity contribution is 5.71. The van der Waals surface area contributed by atoms with E-state index in [0.29, 0.717) is 0 Å². The third kappa shape index (κ3) is 2.59. The molecule has 1 aliphatic heterocycles. The summed E-state index contributed by atoms with van der Waals surface area (Å²) in [4.78, 5) is 0. The van der Waals surface area contributed by atoms with Crippen LogP contribution in [0.2, 0.25) is 0 Å². The van der Waals surface area contributed by atoms with Gasteiger partial charge in [-0.15, -0.1) is 0 Å². The fourth-order valence-electron chi connectivity index (χ4n) is 1.89. The lowest BCUT2D eigenvalue weighted by molar-refractivity contribution is 0.194. The van der Waals surface area contributed by atoms with E-state index in [1.807, 2.05) is 36.4 Å². The van der Waals surface area contributed by atoms with Gasteiger partial charge in [0.25, 0.3) is 0 Å². The molecule has 1 aliphatic rings. The Hall–Kier alpha value is -1.54. The summed E-state index contributed by atoms with van der Waals surface area (Å²) >= 11 is 0. The molecular formula is C15H19NO. The molecule has 0 saturated heterocycles. The second kappa shape index (κ2) is 4.38. The van der Waals surface area contributed by atoms with Crippen molar-refractivity contribution < 1.29 is 5.11 Å². The van der Waals surface area contributed by atoms with Crippen molar-refractivity contribution in [3.05, 3.63) is 53.7 Å². The summed E-state index contributed by atoms with van der Waals surface area (Å²) in [5.41, 5.74) is 3.06. The van der Waals surface area contributed by atoms with E-state index in [1.165, 1.54) is 0 Å². The van der Waals surface area contributed by atoms with Gasteiger partial charge >= 0.3 is 0 Å². The van der Waals surface area contributed by atoms with E-state index < -0.39 is 6.23 Å².